The number of aryl methyl sites for hydroxylation is 1. The van der Waals surface area contributed by atoms with E-state index in [4.69, 9.17) is 16.3 Å². The lowest BCUT2D eigenvalue weighted by molar-refractivity contribution is 0.0528. The topological polar surface area (TPSA) is 55.4 Å². The molecule has 1 aromatic heterocycles. The van der Waals surface area contributed by atoms with Gasteiger partial charge in [-0.2, -0.15) is 0 Å². The minimum Gasteiger partial charge on any atom is -0.462 e. The van der Waals surface area contributed by atoms with Gasteiger partial charge in [0.15, 0.2) is 0 Å². The predicted octanol–water partition coefficient (Wildman–Crippen LogP) is 4.14. The van der Waals surface area contributed by atoms with Gasteiger partial charge in [-0.05, 0) is 32.0 Å². The molecule has 0 radical (unpaired) electrons. The van der Waals surface area contributed by atoms with Crippen molar-refractivity contribution in [2.24, 2.45) is 0 Å². The lowest BCUT2D eigenvalue weighted by atomic mass is 10.2. The average molecular weight is 324 g/mol. The molecular formula is C15H14ClNO3S. The first-order chi connectivity index (χ1) is 10.0. The fourth-order valence-corrected chi connectivity index (χ4v) is 2.90. The maximum absolute atomic E-state index is 12.2. The maximum Gasteiger partial charge on any atom is 0.341 e. The second-order valence-corrected chi connectivity index (χ2v) is 5.92. The number of carbonyl (C=O) groups is 2. The number of rotatable bonds is 4. The number of benzene rings is 1. The van der Waals surface area contributed by atoms with E-state index in [0.29, 0.717) is 21.2 Å². The normalized spacial score (nSPS) is 10.2. The lowest BCUT2D eigenvalue weighted by Crippen LogP contribution is -2.14. The summed E-state index contributed by atoms with van der Waals surface area (Å²) in [5, 5.41) is 3.55. The monoisotopic (exact) mass is 323 g/mol. The van der Waals surface area contributed by atoms with Gasteiger partial charge in [-0.1, -0.05) is 23.7 Å². The van der Waals surface area contributed by atoms with Gasteiger partial charge in [0.1, 0.15) is 5.00 Å². The molecule has 0 unspecified atom stereocenters. The van der Waals surface area contributed by atoms with Crippen molar-refractivity contribution >= 4 is 39.8 Å². The van der Waals surface area contributed by atoms with E-state index < -0.39 is 5.97 Å². The van der Waals surface area contributed by atoms with Crippen LogP contribution in [0.4, 0.5) is 5.00 Å². The first kappa shape index (κ1) is 15.5. The molecule has 0 fully saturated rings. The van der Waals surface area contributed by atoms with Gasteiger partial charge in [-0.15, -0.1) is 11.3 Å². The van der Waals surface area contributed by atoms with Gasteiger partial charge in [0.25, 0.3) is 5.91 Å². The summed E-state index contributed by atoms with van der Waals surface area (Å²) >= 11 is 7.32. The van der Waals surface area contributed by atoms with Gasteiger partial charge in [-0.25, -0.2) is 4.79 Å². The molecule has 0 saturated heterocycles. The van der Waals surface area contributed by atoms with E-state index >= 15 is 0 Å². The molecule has 110 valence electrons. The molecule has 0 atom stereocenters. The van der Waals surface area contributed by atoms with Crippen molar-refractivity contribution in [1.82, 2.24) is 0 Å². The Kier molecular flexibility index (Phi) is 4.98. The zero-order chi connectivity index (χ0) is 15.4. The number of thiophene rings is 1. The summed E-state index contributed by atoms with van der Waals surface area (Å²) < 4.78 is 4.98. The molecule has 1 heterocycles. The molecule has 4 nitrogen and oxygen atoms in total. The number of halogens is 1. The first-order valence-electron chi connectivity index (χ1n) is 6.36. The molecule has 0 bridgehead atoms. The molecule has 1 amide bonds. The van der Waals surface area contributed by atoms with Crippen molar-refractivity contribution in [3.8, 4) is 0 Å². The zero-order valence-corrected chi connectivity index (χ0v) is 13.2. The van der Waals surface area contributed by atoms with Crippen LogP contribution >= 0.6 is 22.9 Å². The highest BCUT2D eigenvalue weighted by molar-refractivity contribution is 7.16. The molecule has 21 heavy (non-hydrogen) atoms. The largest absolute Gasteiger partial charge is 0.462 e. The highest BCUT2D eigenvalue weighted by Gasteiger charge is 2.19. The van der Waals surface area contributed by atoms with E-state index in [1.165, 1.54) is 11.3 Å². The number of ether oxygens (including phenoxy) is 1. The summed E-state index contributed by atoms with van der Waals surface area (Å²) in [5.41, 5.74) is 0.722. The Morgan fingerprint density at radius 1 is 1.29 bits per heavy atom. The highest BCUT2D eigenvalue weighted by atomic mass is 35.5. The SMILES string of the molecule is CCOC(=O)c1cc(C)sc1NC(=O)c1ccccc1Cl. The third-order valence-corrected chi connectivity index (χ3v) is 3.99. The second-order valence-electron chi connectivity index (χ2n) is 4.25. The molecule has 0 spiro atoms. The number of amides is 1. The quantitative estimate of drug-likeness (QED) is 0.860. The van der Waals surface area contributed by atoms with Crippen LogP contribution in [0.25, 0.3) is 0 Å². The van der Waals surface area contributed by atoms with Gasteiger partial charge < -0.3 is 10.1 Å². The Morgan fingerprint density at radius 2 is 2.00 bits per heavy atom. The molecule has 0 aliphatic heterocycles. The minimum atomic E-state index is -0.448. The molecular weight excluding hydrogens is 310 g/mol. The second kappa shape index (κ2) is 6.74. The Labute approximate surface area is 131 Å². The molecule has 0 saturated carbocycles. The molecule has 0 aliphatic carbocycles. The fourth-order valence-electron chi connectivity index (χ4n) is 1.78. The van der Waals surface area contributed by atoms with Crippen molar-refractivity contribution < 1.29 is 14.3 Å². The smallest absolute Gasteiger partial charge is 0.341 e. The van der Waals surface area contributed by atoms with Crippen molar-refractivity contribution in [2.45, 2.75) is 13.8 Å². The Balaban J connectivity index is 2.26. The van der Waals surface area contributed by atoms with Gasteiger partial charge in [0.2, 0.25) is 0 Å². The van der Waals surface area contributed by atoms with Crippen molar-refractivity contribution in [1.29, 1.82) is 0 Å². The van der Waals surface area contributed by atoms with Crippen LogP contribution in [0.5, 0.6) is 0 Å². The third kappa shape index (κ3) is 3.62. The van der Waals surface area contributed by atoms with E-state index in [2.05, 4.69) is 5.32 Å². The van der Waals surface area contributed by atoms with E-state index in [-0.39, 0.29) is 12.5 Å². The molecule has 0 aliphatic rings. The predicted molar refractivity (Wildman–Crippen MR) is 84.4 cm³/mol. The van der Waals surface area contributed by atoms with Crippen LogP contribution in [0.3, 0.4) is 0 Å². The molecule has 6 heteroatoms. The van der Waals surface area contributed by atoms with Gasteiger partial charge in [0, 0.05) is 4.88 Å². The Bertz CT molecular complexity index is 681. The summed E-state index contributed by atoms with van der Waals surface area (Å²) in [4.78, 5) is 25.0. The van der Waals surface area contributed by atoms with Gasteiger partial charge >= 0.3 is 5.97 Å². The Morgan fingerprint density at radius 3 is 2.67 bits per heavy atom. The number of anilines is 1. The molecule has 2 aromatic rings. The highest BCUT2D eigenvalue weighted by Crippen LogP contribution is 2.29. The lowest BCUT2D eigenvalue weighted by Gasteiger charge is -2.07. The van der Waals surface area contributed by atoms with Crippen LogP contribution in [-0.4, -0.2) is 18.5 Å². The average Bonchev–Trinajstić information content (AvgIpc) is 2.80. The number of esters is 1. The summed E-state index contributed by atoms with van der Waals surface area (Å²) in [6, 6.07) is 8.45. The van der Waals surface area contributed by atoms with Crippen LogP contribution in [0.2, 0.25) is 5.02 Å². The summed E-state index contributed by atoms with van der Waals surface area (Å²) in [7, 11) is 0. The van der Waals surface area contributed by atoms with Crippen molar-refractivity contribution in [2.75, 3.05) is 11.9 Å². The number of hydrogen-bond acceptors (Lipinski definition) is 4. The molecule has 2 rings (SSSR count). The van der Waals surface area contributed by atoms with Crippen LogP contribution in [0.15, 0.2) is 30.3 Å². The number of hydrogen-bond donors (Lipinski definition) is 1. The summed E-state index contributed by atoms with van der Waals surface area (Å²) in [6.07, 6.45) is 0. The van der Waals surface area contributed by atoms with Crippen LogP contribution in [0.1, 0.15) is 32.5 Å². The van der Waals surface area contributed by atoms with E-state index in [1.54, 1.807) is 37.3 Å². The van der Waals surface area contributed by atoms with Crippen LogP contribution < -0.4 is 5.32 Å². The van der Waals surface area contributed by atoms with Gasteiger partial charge in [0.05, 0.1) is 22.8 Å². The summed E-state index contributed by atoms with van der Waals surface area (Å²) in [5.74, 6) is -0.802. The zero-order valence-electron chi connectivity index (χ0n) is 11.6. The standard InChI is InChI=1S/C15H14ClNO3S/c1-3-20-15(19)11-8-9(2)21-14(11)17-13(18)10-6-4-5-7-12(10)16/h4-8H,3H2,1-2H3,(H,17,18). The van der Waals surface area contributed by atoms with Crippen molar-refractivity contribution in [3.05, 3.63) is 51.4 Å². The third-order valence-electron chi connectivity index (χ3n) is 2.70. The number of nitrogens with one attached hydrogen (secondary N) is 1. The van der Waals surface area contributed by atoms with Crippen LogP contribution in [0, 0.1) is 6.92 Å². The van der Waals surface area contributed by atoms with Crippen molar-refractivity contribution in [3.63, 3.8) is 0 Å². The van der Waals surface area contributed by atoms with E-state index in [0.717, 1.165) is 4.88 Å². The minimum absolute atomic E-state index is 0.283. The van der Waals surface area contributed by atoms with Gasteiger partial charge in [-0.3, -0.25) is 4.79 Å². The molecule has 1 N–H and O–H groups in total. The van der Waals surface area contributed by atoms with E-state index in [1.807, 2.05) is 6.92 Å². The maximum atomic E-state index is 12.2. The first-order valence-corrected chi connectivity index (χ1v) is 7.55. The summed E-state index contributed by atoms with van der Waals surface area (Å²) in [6.45, 7) is 3.88. The number of carbonyl (C=O) groups excluding carboxylic acids is 2. The van der Waals surface area contributed by atoms with Crippen LogP contribution in [-0.2, 0) is 4.74 Å². The fraction of sp³-hybridized carbons (Fsp3) is 0.200. The van der Waals surface area contributed by atoms with E-state index in [9.17, 15) is 9.59 Å². The molecule has 1 aromatic carbocycles. The Hall–Kier alpha value is -1.85.